The van der Waals surface area contributed by atoms with Gasteiger partial charge in [0.15, 0.2) is 0 Å². The Morgan fingerprint density at radius 2 is 2.14 bits per heavy atom. The van der Waals surface area contributed by atoms with Crippen LogP contribution in [-0.4, -0.2) is 11.7 Å². The third-order valence-corrected chi connectivity index (χ3v) is 2.45. The summed E-state index contributed by atoms with van der Waals surface area (Å²) in [5.74, 6) is 1.40. The second-order valence-electron chi connectivity index (χ2n) is 4.67. The lowest BCUT2D eigenvalue weighted by Gasteiger charge is -2.31. The fourth-order valence-corrected chi connectivity index (χ4v) is 1.86. The smallest absolute Gasteiger partial charge is 0.0968 e. The highest BCUT2D eigenvalue weighted by molar-refractivity contribution is 5.28. The largest absolute Gasteiger partial charge is 0.512 e. The quantitative estimate of drug-likeness (QED) is 0.684. The zero-order valence-electron chi connectivity index (χ0n) is 9.55. The molecule has 2 heteroatoms. The standard InChI is InChI=1S/C12H20O2/c1-5-14-11-6-10(9(2)13)7-12(3,4)8-11/h6,13H,5,7-8H2,1-4H3. The molecule has 1 aliphatic rings. The van der Waals surface area contributed by atoms with Crippen molar-refractivity contribution in [3.63, 3.8) is 0 Å². The third kappa shape index (κ3) is 2.79. The number of aliphatic hydroxyl groups is 1. The molecular formula is C12H20O2. The van der Waals surface area contributed by atoms with Crippen molar-refractivity contribution < 1.29 is 9.84 Å². The number of ether oxygens (including phenoxy) is 1. The Kier molecular flexibility index (Phi) is 3.25. The second-order valence-corrected chi connectivity index (χ2v) is 4.67. The van der Waals surface area contributed by atoms with E-state index in [9.17, 15) is 5.11 Å². The van der Waals surface area contributed by atoms with Crippen LogP contribution in [0.4, 0.5) is 0 Å². The van der Waals surface area contributed by atoms with Gasteiger partial charge in [0, 0.05) is 6.42 Å². The van der Waals surface area contributed by atoms with E-state index < -0.39 is 0 Å². The fourth-order valence-electron chi connectivity index (χ4n) is 1.86. The van der Waals surface area contributed by atoms with E-state index >= 15 is 0 Å². The van der Waals surface area contributed by atoms with Crippen molar-refractivity contribution in [2.45, 2.75) is 40.5 Å². The summed E-state index contributed by atoms with van der Waals surface area (Å²) < 4.78 is 5.51. The summed E-state index contributed by atoms with van der Waals surface area (Å²) in [6.45, 7) is 8.80. The topological polar surface area (TPSA) is 29.5 Å². The van der Waals surface area contributed by atoms with E-state index in [-0.39, 0.29) is 5.41 Å². The maximum Gasteiger partial charge on any atom is 0.0968 e. The van der Waals surface area contributed by atoms with Crippen molar-refractivity contribution in [2.24, 2.45) is 5.41 Å². The van der Waals surface area contributed by atoms with E-state index in [1.165, 1.54) is 0 Å². The van der Waals surface area contributed by atoms with Crippen molar-refractivity contribution in [1.29, 1.82) is 0 Å². The lowest BCUT2D eigenvalue weighted by molar-refractivity contribution is 0.177. The molecule has 0 bridgehead atoms. The van der Waals surface area contributed by atoms with Gasteiger partial charge in [-0.3, -0.25) is 0 Å². The molecule has 2 nitrogen and oxygen atoms in total. The van der Waals surface area contributed by atoms with Crippen LogP contribution in [0, 0.1) is 5.41 Å². The Morgan fingerprint density at radius 1 is 1.50 bits per heavy atom. The van der Waals surface area contributed by atoms with Gasteiger partial charge in [0.05, 0.1) is 18.1 Å². The molecule has 1 N–H and O–H groups in total. The number of hydrogen-bond donors (Lipinski definition) is 1. The molecule has 1 rings (SSSR count). The lowest BCUT2D eigenvalue weighted by atomic mass is 9.77. The van der Waals surface area contributed by atoms with Crippen molar-refractivity contribution >= 4 is 0 Å². The SMILES string of the molecule is CCOC1=CC(=C(C)O)CC(C)(C)C1. The summed E-state index contributed by atoms with van der Waals surface area (Å²) in [7, 11) is 0. The van der Waals surface area contributed by atoms with Crippen molar-refractivity contribution in [2.75, 3.05) is 6.61 Å². The lowest BCUT2D eigenvalue weighted by Crippen LogP contribution is -2.19. The molecule has 0 amide bonds. The fraction of sp³-hybridized carbons (Fsp3) is 0.667. The molecule has 0 atom stereocenters. The summed E-state index contributed by atoms with van der Waals surface area (Å²) >= 11 is 0. The van der Waals surface area contributed by atoms with Crippen molar-refractivity contribution in [3.8, 4) is 0 Å². The van der Waals surface area contributed by atoms with E-state index in [1.54, 1.807) is 6.92 Å². The van der Waals surface area contributed by atoms with Gasteiger partial charge in [-0.05, 0) is 37.3 Å². The van der Waals surface area contributed by atoms with E-state index in [0.29, 0.717) is 12.4 Å². The highest BCUT2D eigenvalue weighted by Gasteiger charge is 2.27. The summed E-state index contributed by atoms with van der Waals surface area (Å²) in [5.41, 5.74) is 1.20. The monoisotopic (exact) mass is 196 g/mol. The van der Waals surface area contributed by atoms with Crippen LogP contribution in [0.25, 0.3) is 0 Å². The minimum absolute atomic E-state index is 0.193. The summed E-state index contributed by atoms with van der Waals surface area (Å²) in [5, 5.41) is 9.47. The first-order chi connectivity index (χ1) is 6.44. The van der Waals surface area contributed by atoms with Gasteiger partial charge >= 0.3 is 0 Å². The molecule has 0 saturated carbocycles. The van der Waals surface area contributed by atoms with Crippen LogP contribution in [0.15, 0.2) is 23.2 Å². The van der Waals surface area contributed by atoms with Crippen LogP contribution in [-0.2, 0) is 4.74 Å². The predicted octanol–water partition coefficient (Wildman–Crippen LogP) is 3.56. The molecule has 0 unspecified atom stereocenters. The van der Waals surface area contributed by atoms with E-state index in [1.807, 2.05) is 13.0 Å². The Hall–Kier alpha value is -0.920. The molecule has 0 aromatic heterocycles. The van der Waals surface area contributed by atoms with Crippen molar-refractivity contribution in [3.05, 3.63) is 23.2 Å². The van der Waals surface area contributed by atoms with E-state index in [0.717, 1.165) is 24.2 Å². The Morgan fingerprint density at radius 3 is 2.64 bits per heavy atom. The van der Waals surface area contributed by atoms with E-state index in [2.05, 4.69) is 13.8 Å². The minimum atomic E-state index is 0.193. The molecule has 0 radical (unpaired) electrons. The van der Waals surface area contributed by atoms with Gasteiger partial charge in [0.25, 0.3) is 0 Å². The summed E-state index contributed by atoms with van der Waals surface area (Å²) in [4.78, 5) is 0. The molecule has 80 valence electrons. The van der Waals surface area contributed by atoms with Crippen LogP contribution < -0.4 is 0 Å². The first kappa shape index (κ1) is 11.2. The van der Waals surface area contributed by atoms with Gasteiger partial charge in [-0.2, -0.15) is 0 Å². The first-order valence-electron chi connectivity index (χ1n) is 5.17. The molecular weight excluding hydrogens is 176 g/mol. The van der Waals surface area contributed by atoms with Gasteiger partial charge in [0.1, 0.15) is 0 Å². The number of rotatable bonds is 2. The normalized spacial score (nSPS) is 24.1. The van der Waals surface area contributed by atoms with Crippen LogP contribution in [0.3, 0.4) is 0 Å². The average Bonchev–Trinajstić information content (AvgIpc) is 2.01. The van der Waals surface area contributed by atoms with Gasteiger partial charge in [-0.25, -0.2) is 0 Å². The van der Waals surface area contributed by atoms with Crippen molar-refractivity contribution in [1.82, 2.24) is 0 Å². The molecule has 0 saturated heterocycles. The zero-order valence-corrected chi connectivity index (χ0v) is 9.55. The van der Waals surface area contributed by atoms with Gasteiger partial charge < -0.3 is 9.84 Å². The molecule has 0 aromatic rings. The minimum Gasteiger partial charge on any atom is -0.512 e. The van der Waals surface area contributed by atoms with Gasteiger partial charge in [-0.1, -0.05) is 13.8 Å². The third-order valence-electron chi connectivity index (χ3n) is 2.45. The molecule has 0 spiro atoms. The molecule has 0 fully saturated rings. The van der Waals surface area contributed by atoms with Crippen LogP contribution in [0.5, 0.6) is 0 Å². The maximum absolute atomic E-state index is 9.47. The van der Waals surface area contributed by atoms with Gasteiger partial charge in [-0.15, -0.1) is 0 Å². The molecule has 0 aliphatic heterocycles. The highest BCUT2D eigenvalue weighted by atomic mass is 16.5. The summed E-state index contributed by atoms with van der Waals surface area (Å²) in [6, 6.07) is 0. The first-order valence-corrected chi connectivity index (χ1v) is 5.17. The maximum atomic E-state index is 9.47. The predicted molar refractivity (Wildman–Crippen MR) is 58.1 cm³/mol. The Labute approximate surface area is 86.3 Å². The highest BCUT2D eigenvalue weighted by Crippen LogP contribution is 2.38. The Balaban J connectivity index is 2.92. The molecule has 1 aliphatic carbocycles. The van der Waals surface area contributed by atoms with Crippen LogP contribution in [0.1, 0.15) is 40.5 Å². The molecule has 0 aromatic carbocycles. The van der Waals surface area contributed by atoms with E-state index in [4.69, 9.17) is 4.74 Å². The number of hydrogen-bond acceptors (Lipinski definition) is 2. The number of aliphatic hydroxyl groups excluding tert-OH is 1. The van der Waals surface area contributed by atoms with Crippen LogP contribution in [0.2, 0.25) is 0 Å². The summed E-state index contributed by atoms with van der Waals surface area (Å²) in [6.07, 6.45) is 3.85. The Bertz CT molecular complexity index is 268. The second kappa shape index (κ2) is 4.07. The van der Waals surface area contributed by atoms with Gasteiger partial charge in [0.2, 0.25) is 0 Å². The van der Waals surface area contributed by atoms with Crippen LogP contribution >= 0.6 is 0 Å². The molecule has 14 heavy (non-hydrogen) atoms. The average molecular weight is 196 g/mol. The number of allylic oxidation sites excluding steroid dienone is 4. The molecule has 0 heterocycles. The zero-order chi connectivity index (χ0) is 10.8.